The number of nitrogens with two attached hydrogens (primary N) is 2. The van der Waals surface area contributed by atoms with Gasteiger partial charge in [0.2, 0.25) is 0 Å². The minimum absolute atomic E-state index is 0.220. The molecule has 0 unspecified atom stereocenters. The Morgan fingerprint density at radius 3 is 1.67 bits per heavy atom. The summed E-state index contributed by atoms with van der Waals surface area (Å²) in [5.74, 6) is -4.53. The molecule has 174 valence electrons. The first-order valence-electron chi connectivity index (χ1n) is 8.93. The van der Waals surface area contributed by atoms with Gasteiger partial charge in [0.25, 0.3) is 0 Å². The first kappa shape index (κ1) is 23.6. The van der Waals surface area contributed by atoms with E-state index in [0.29, 0.717) is 12.1 Å². The highest BCUT2D eigenvalue weighted by molar-refractivity contribution is 5.92. The Morgan fingerprint density at radius 2 is 1.21 bits per heavy atom. The fourth-order valence-electron chi connectivity index (χ4n) is 2.81. The number of benzene rings is 3. The smallest absolute Gasteiger partial charge is 0.420 e. The summed E-state index contributed by atoms with van der Waals surface area (Å²) in [7, 11) is 0. The molecule has 6 nitrogen and oxygen atoms in total. The van der Waals surface area contributed by atoms with Crippen LogP contribution in [-0.2, 0) is 12.4 Å². The van der Waals surface area contributed by atoms with Gasteiger partial charge in [-0.1, -0.05) is 6.07 Å². The highest BCUT2D eigenvalue weighted by Crippen LogP contribution is 2.45. The van der Waals surface area contributed by atoms with Crippen molar-refractivity contribution in [2.24, 2.45) is 0 Å². The highest BCUT2D eigenvalue weighted by Gasteiger charge is 2.37. The largest absolute Gasteiger partial charge is 0.478 e. The zero-order valence-corrected chi connectivity index (χ0v) is 16.3. The number of ether oxygens (including phenoxy) is 2. The molecular formula is C21H14F6N2O4. The first-order chi connectivity index (χ1) is 15.3. The monoisotopic (exact) mass is 472 g/mol. The van der Waals surface area contributed by atoms with Crippen molar-refractivity contribution in [3.05, 3.63) is 71.3 Å². The molecule has 0 saturated heterocycles. The predicted molar refractivity (Wildman–Crippen MR) is 105 cm³/mol. The maximum Gasteiger partial charge on any atom is 0.420 e. The number of para-hydroxylation sites is 1. The number of carbonyl (C=O) groups is 1. The van der Waals surface area contributed by atoms with E-state index < -0.39 is 58.0 Å². The van der Waals surface area contributed by atoms with Gasteiger partial charge < -0.3 is 26.0 Å². The van der Waals surface area contributed by atoms with Crippen LogP contribution in [0.4, 0.5) is 37.7 Å². The third-order valence-electron chi connectivity index (χ3n) is 4.26. The number of hydrogen-bond donors (Lipinski definition) is 3. The number of aromatic carboxylic acids is 1. The summed E-state index contributed by atoms with van der Waals surface area (Å²) in [6, 6.07) is 8.25. The summed E-state index contributed by atoms with van der Waals surface area (Å²) in [6.45, 7) is 0. The molecule has 0 atom stereocenters. The number of carboxylic acid groups (broad SMARTS) is 1. The van der Waals surface area contributed by atoms with Crippen molar-refractivity contribution in [3.8, 4) is 23.0 Å². The standard InChI is InChI=1S/C21H14F6N2O4/c22-20(23,24)13-8-10(28)4-6-15(13)32-17-3-1-2-12(19(30)31)18(17)33-16-7-5-11(29)9-14(16)21(25,26)27/h1-9H,28-29H2,(H,30,31). The van der Waals surface area contributed by atoms with Gasteiger partial charge in [0.05, 0.1) is 0 Å². The molecule has 0 aliphatic rings. The second-order valence-corrected chi connectivity index (χ2v) is 6.65. The van der Waals surface area contributed by atoms with Crippen molar-refractivity contribution < 1.29 is 45.7 Å². The molecular weight excluding hydrogens is 458 g/mol. The van der Waals surface area contributed by atoms with Gasteiger partial charge >= 0.3 is 18.3 Å². The molecule has 0 spiro atoms. The molecule has 0 aromatic heterocycles. The SMILES string of the molecule is Nc1ccc(Oc2cccc(C(=O)O)c2Oc2ccc(N)cc2C(F)(F)F)c(C(F)(F)F)c1. The average molecular weight is 472 g/mol. The molecule has 3 aromatic rings. The van der Waals surface area contributed by atoms with E-state index in [2.05, 4.69) is 0 Å². The summed E-state index contributed by atoms with van der Waals surface area (Å²) in [6.07, 6.45) is -9.82. The van der Waals surface area contributed by atoms with Gasteiger partial charge in [0.15, 0.2) is 11.5 Å². The van der Waals surface area contributed by atoms with Crippen LogP contribution in [-0.4, -0.2) is 11.1 Å². The Kier molecular flexibility index (Phi) is 6.03. The molecule has 0 bridgehead atoms. The Bertz CT molecular complexity index is 1210. The van der Waals surface area contributed by atoms with Crippen molar-refractivity contribution in [3.63, 3.8) is 0 Å². The summed E-state index contributed by atoms with van der Waals surface area (Å²) in [5.41, 5.74) is 7.10. The lowest BCUT2D eigenvalue weighted by atomic mass is 10.1. The maximum absolute atomic E-state index is 13.4. The van der Waals surface area contributed by atoms with Gasteiger partial charge in [-0.15, -0.1) is 0 Å². The van der Waals surface area contributed by atoms with Crippen molar-refractivity contribution in [2.75, 3.05) is 11.5 Å². The van der Waals surface area contributed by atoms with Crippen LogP contribution in [0.5, 0.6) is 23.0 Å². The zero-order valence-electron chi connectivity index (χ0n) is 16.3. The third-order valence-corrected chi connectivity index (χ3v) is 4.26. The molecule has 0 aliphatic heterocycles. The molecule has 33 heavy (non-hydrogen) atoms. The molecule has 0 aliphatic carbocycles. The summed E-state index contributed by atoms with van der Waals surface area (Å²) in [5, 5.41) is 9.45. The van der Waals surface area contributed by atoms with Crippen molar-refractivity contribution in [1.82, 2.24) is 0 Å². The van der Waals surface area contributed by atoms with Crippen LogP contribution in [0.1, 0.15) is 21.5 Å². The van der Waals surface area contributed by atoms with Crippen molar-refractivity contribution in [2.45, 2.75) is 12.4 Å². The Morgan fingerprint density at radius 1 is 0.727 bits per heavy atom. The molecule has 3 rings (SSSR count). The molecule has 5 N–H and O–H groups in total. The minimum atomic E-state index is -4.93. The van der Waals surface area contributed by atoms with Gasteiger partial charge in [-0.05, 0) is 48.5 Å². The number of hydrogen-bond acceptors (Lipinski definition) is 5. The molecule has 12 heteroatoms. The average Bonchev–Trinajstić information content (AvgIpc) is 2.70. The number of nitrogen functional groups attached to an aromatic ring is 2. The van der Waals surface area contributed by atoms with Crippen LogP contribution >= 0.6 is 0 Å². The highest BCUT2D eigenvalue weighted by atomic mass is 19.4. The zero-order chi connectivity index (χ0) is 24.6. The van der Waals surface area contributed by atoms with Crippen LogP contribution < -0.4 is 20.9 Å². The van der Waals surface area contributed by atoms with Crippen LogP contribution in [0, 0.1) is 0 Å². The molecule has 0 saturated carbocycles. The van der Waals surface area contributed by atoms with Gasteiger partial charge in [-0.2, -0.15) is 26.3 Å². The number of alkyl halides is 6. The number of carboxylic acids is 1. The molecule has 0 radical (unpaired) electrons. The van der Waals surface area contributed by atoms with Crippen LogP contribution in [0.3, 0.4) is 0 Å². The Hall–Kier alpha value is -4.09. The summed E-state index contributed by atoms with van der Waals surface area (Å²) >= 11 is 0. The van der Waals surface area contributed by atoms with Gasteiger partial charge in [-0.3, -0.25) is 0 Å². The van der Waals surface area contributed by atoms with E-state index in [-0.39, 0.29) is 11.4 Å². The summed E-state index contributed by atoms with van der Waals surface area (Å²) < 4.78 is 91.1. The number of anilines is 2. The number of rotatable bonds is 5. The quantitative estimate of drug-likeness (QED) is 0.303. The minimum Gasteiger partial charge on any atom is -0.478 e. The second-order valence-electron chi connectivity index (χ2n) is 6.65. The van der Waals surface area contributed by atoms with E-state index in [1.807, 2.05) is 0 Å². The van der Waals surface area contributed by atoms with E-state index in [0.717, 1.165) is 42.5 Å². The lowest BCUT2D eigenvalue weighted by Gasteiger charge is -2.19. The second kappa shape index (κ2) is 8.45. The van der Waals surface area contributed by atoms with Crippen LogP contribution in [0.25, 0.3) is 0 Å². The first-order valence-corrected chi connectivity index (χ1v) is 8.93. The van der Waals surface area contributed by atoms with E-state index in [4.69, 9.17) is 20.9 Å². The van der Waals surface area contributed by atoms with Crippen LogP contribution in [0.2, 0.25) is 0 Å². The van der Waals surface area contributed by atoms with Gasteiger partial charge in [-0.25, -0.2) is 4.79 Å². The molecule has 0 fully saturated rings. The van der Waals surface area contributed by atoms with E-state index >= 15 is 0 Å². The fourth-order valence-corrected chi connectivity index (χ4v) is 2.81. The Labute approximate surface area is 181 Å². The fraction of sp³-hybridized carbons (Fsp3) is 0.0952. The van der Waals surface area contributed by atoms with Crippen molar-refractivity contribution >= 4 is 17.3 Å². The Balaban J connectivity index is 2.16. The summed E-state index contributed by atoms with van der Waals surface area (Å²) in [4.78, 5) is 11.6. The lowest BCUT2D eigenvalue weighted by molar-refractivity contribution is -0.139. The van der Waals surface area contributed by atoms with E-state index in [9.17, 15) is 36.2 Å². The van der Waals surface area contributed by atoms with Gasteiger partial charge in [0.1, 0.15) is 28.2 Å². The molecule has 0 heterocycles. The maximum atomic E-state index is 13.4. The number of halogens is 6. The van der Waals surface area contributed by atoms with E-state index in [1.165, 1.54) is 0 Å². The molecule has 3 aromatic carbocycles. The third kappa shape index (κ3) is 5.22. The van der Waals surface area contributed by atoms with Crippen LogP contribution in [0.15, 0.2) is 54.6 Å². The van der Waals surface area contributed by atoms with Crippen molar-refractivity contribution in [1.29, 1.82) is 0 Å². The lowest BCUT2D eigenvalue weighted by Crippen LogP contribution is -2.10. The normalized spacial score (nSPS) is 11.8. The van der Waals surface area contributed by atoms with Gasteiger partial charge in [0, 0.05) is 11.4 Å². The predicted octanol–water partition coefficient (Wildman–Crippen LogP) is 6.17. The molecule has 0 amide bonds. The topological polar surface area (TPSA) is 108 Å². The van der Waals surface area contributed by atoms with E-state index in [1.54, 1.807) is 0 Å².